The minimum atomic E-state index is 0.501. The van der Waals surface area contributed by atoms with Gasteiger partial charge in [-0.25, -0.2) is 4.98 Å². The van der Waals surface area contributed by atoms with E-state index in [1.165, 1.54) is 24.6 Å². The fourth-order valence-corrected chi connectivity index (χ4v) is 3.90. The van der Waals surface area contributed by atoms with E-state index in [-0.39, 0.29) is 0 Å². The van der Waals surface area contributed by atoms with Gasteiger partial charge in [0, 0.05) is 31.2 Å². The highest BCUT2D eigenvalue weighted by molar-refractivity contribution is 5.44. The van der Waals surface area contributed by atoms with Crippen LogP contribution in [0.25, 0.3) is 5.65 Å². The fourth-order valence-electron chi connectivity index (χ4n) is 3.90. The summed E-state index contributed by atoms with van der Waals surface area (Å²) >= 11 is 0. The first kappa shape index (κ1) is 21.3. The van der Waals surface area contributed by atoms with Crippen molar-refractivity contribution in [1.82, 2.24) is 20.0 Å². The third kappa shape index (κ3) is 4.86. The number of allylic oxidation sites excluding steroid dienone is 1. The SMILES string of the molecule is Cc1cc(C#N)cc(C)c1CN/C(N)=C/C(=C\N)NCc1cn2cc(C3CC3)ccc2n1. The molecule has 32 heavy (non-hydrogen) atoms. The Balaban J connectivity index is 1.36. The number of nitrogens with two attached hydrogens (primary N) is 2. The lowest BCUT2D eigenvalue weighted by Crippen LogP contribution is -2.23. The molecule has 0 amide bonds. The second kappa shape index (κ2) is 9.06. The van der Waals surface area contributed by atoms with Gasteiger partial charge in [0.05, 0.1) is 35.4 Å². The molecule has 0 saturated heterocycles. The van der Waals surface area contributed by atoms with Crippen molar-refractivity contribution in [1.29, 1.82) is 5.26 Å². The van der Waals surface area contributed by atoms with Gasteiger partial charge in [-0.3, -0.25) is 0 Å². The number of hydrogen-bond acceptors (Lipinski definition) is 6. The van der Waals surface area contributed by atoms with Crippen LogP contribution in [0.2, 0.25) is 0 Å². The molecular weight excluding hydrogens is 398 g/mol. The Bertz CT molecular complexity index is 1220. The second-order valence-electron chi connectivity index (χ2n) is 8.36. The minimum absolute atomic E-state index is 0.501. The molecule has 1 aromatic carbocycles. The topological polar surface area (TPSA) is 117 Å². The molecule has 7 nitrogen and oxygen atoms in total. The number of rotatable bonds is 8. The maximum atomic E-state index is 9.11. The third-order valence-corrected chi connectivity index (χ3v) is 5.83. The van der Waals surface area contributed by atoms with E-state index in [0.717, 1.165) is 28.0 Å². The smallest absolute Gasteiger partial charge is 0.137 e. The van der Waals surface area contributed by atoms with E-state index in [2.05, 4.69) is 44.4 Å². The van der Waals surface area contributed by atoms with Crippen LogP contribution in [0, 0.1) is 25.2 Å². The zero-order valence-electron chi connectivity index (χ0n) is 18.5. The van der Waals surface area contributed by atoms with Crippen LogP contribution in [0.4, 0.5) is 0 Å². The highest BCUT2D eigenvalue weighted by atomic mass is 15.0. The van der Waals surface area contributed by atoms with Gasteiger partial charge >= 0.3 is 0 Å². The van der Waals surface area contributed by atoms with Crippen LogP contribution < -0.4 is 22.1 Å². The molecule has 0 spiro atoms. The van der Waals surface area contributed by atoms with E-state index >= 15 is 0 Å². The van der Waals surface area contributed by atoms with Crippen LogP contribution in [0.5, 0.6) is 0 Å². The molecular formula is C25H29N7. The molecule has 3 aromatic rings. The Labute approximate surface area is 188 Å². The van der Waals surface area contributed by atoms with Crippen molar-refractivity contribution in [2.24, 2.45) is 11.5 Å². The van der Waals surface area contributed by atoms with E-state index in [0.29, 0.717) is 36.1 Å². The summed E-state index contributed by atoms with van der Waals surface area (Å²) in [5.41, 5.74) is 19.9. The van der Waals surface area contributed by atoms with Crippen molar-refractivity contribution in [3.8, 4) is 6.07 Å². The first-order valence-electron chi connectivity index (χ1n) is 10.8. The molecule has 1 fully saturated rings. The molecule has 1 aliphatic rings. The zero-order valence-corrected chi connectivity index (χ0v) is 18.5. The molecule has 4 rings (SSSR count). The van der Waals surface area contributed by atoms with Crippen molar-refractivity contribution in [2.45, 2.75) is 45.7 Å². The number of aryl methyl sites for hydroxylation is 2. The fraction of sp³-hybridized carbons (Fsp3) is 0.280. The highest BCUT2D eigenvalue weighted by Crippen LogP contribution is 2.39. The van der Waals surface area contributed by atoms with Crippen LogP contribution in [0.15, 0.2) is 60.5 Å². The number of imidazole rings is 1. The lowest BCUT2D eigenvalue weighted by molar-refractivity contribution is 0.771. The van der Waals surface area contributed by atoms with Crippen LogP contribution in [-0.4, -0.2) is 9.38 Å². The Morgan fingerprint density at radius 2 is 1.94 bits per heavy atom. The molecule has 2 heterocycles. The Morgan fingerprint density at radius 3 is 2.59 bits per heavy atom. The number of benzene rings is 1. The first-order valence-corrected chi connectivity index (χ1v) is 10.8. The second-order valence-corrected chi connectivity index (χ2v) is 8.36. The largest absolute Gasteiger partial charge is 0.403 e. The number of nitrogens with one attached hydrogen (secondary N) is 2. The van der Waals surface area contributed by atoms with Gasteiger partial charge in [0.2, 0.25) is 0 Å². The number of hydrogen-bond donors (Lipinski definition) is 4. The van der Waals surface area contributed by atoms with E-state index in [1.807, 2.05) is 32.2 Å². The van der Waals surface area contributed by atoms with Crippen molar-refractivity contribution < 1.29 is 0 Å². The summed E-state index contributed by atoms with van der Waals surface area (Å²) < 4.78 is 2.09. The molecule has 6 N–H and O–H groups in total. The van der Waals surface area contributed by atoms with Crippen molar-refractivity contribution in [3.05, 3.63) is 94.0 Å². The molecule has 0 radical (unpaired) electrons. The molecule has 0 unspecified atom stereocenters. The number of pyridine rings is 1. The average molecular weight is 428 g/mol. The summed E-state index contributed by atoms with van der Waals surface area (Å²) in [4.78, 5) is 4.67. The molecule has 1 aliphatic carbocycles. The Morgan fingerprint density at radius 1 is 1.19 bits per heavy atom. The van der Waals surface area contributed by atoms with Gasteiger partial charge in [0.1, 0.15) is 5.65 Å². The monoisotopic (exact) mass is 427 g/mol. The predicted octanol–water partition coefficient (Wildman–Crippen LogP) is 3.18. The van der Waals surface area contributed by atoms with Crippen LogP contribution in [-0.2, 0) is 13.1 Å². The third-order valence-electron chi connectivity index (χ3n) is 5.83. The standard InChI is InChI=1S/C25H29N7/c1-16-7-18(10-26)8-17(2)23(16)13-30-24(28)9-21(11-27)29-12-22-15-32-14-20(19-3-4-19)5-6-25(32)31-22/h5-9,11,14-15,19,29-30H,3-4,12-13,27-28H2,1-2H3/b21-11+,24-9+. The van der Waals surface area contributed by atoms with Gasteiger partial charge in [-0.1, -0.05) is 6.07 Å². The van der Waals surface area contributed by atoms with Gasteiger partial charge in [0.15, 0.2) is 0 Å². The van der Waals surface area contributed by atoms with Crippen LogP contribution in [0.3, 0.4) is 0 Å². The molecule has 0 aliphatic heterocycles. The molecule has 1 saturated carbocycles. The van der Waals surface area contributed by atoms with Gasteiger partial charge in [-0.05, 0) is 73.1 Å². The summed E-state index contributed by atoms with van der Waals surface area (Å²) in [5.74, 6) is 1.22. The first-order chi connectivity index (χ1) is 15.5. The van der Waals surface area contributed by atoms with E-state index < -0.39 is 0 Å². The predicted molar refractivity (Wildman–Crippen MR) is 126 cm³/mol. The maximum absolute atomic E-state index is 9.11. The number of nitrogens with zero attached hydrogens (tertiary/aromatic N) is 3. The van der Waals surface area contributed by atoms with Gasteiger partial charge in [0.25, 0.3) is 0 Å². The summed E-state index contributed by atoms with van der Waals surface area (Å²) in [7, 11) is 0. The molecule has 0 atom stereocenters. The van der Waals surface area contributed by atoms with Crippen molar-refractivity contribution >= 4 is 5.65 Å². The minimum Gasteiger partial charge on any atom is -0.403 e. The molecule has 0 bridgehead atoms. The van der Waals surface area contributed by atoms with Crippen LogP contribution in [0.1, 0.15) is 52.3 Å². The lowest BCUT2D eigenvalue weighted by atomic mass is 10.00. The zero-order chi connectivity index (χ0) is 22.7. The van der Waals surface area contributed by atoms with E-state index in [9.17, 15) is 0 Å². The normalized spacial score (nSPS) is 14.4. The number of nitriles is 1. The summed E-state index contributed by atoms with van der Waals surface area (Å²) in [6.45, 7) is 5.11. The summed E-state index contributed by atoms with van der Waals surface area (Å²) in [6.07, 6.45) is 10.1. The Kier molecular flexibility index (Phi) is 6.04. The summed E-state index contributed by atoms with van der Waals surface area (Å²) in [6, 6.07) is 10.2. The Hall–Kier alpha value is -3.92. The molecule has 7 heteroatoms. The van der Waals surface area contributed by atoms with Crippen molar-refractivity contribution in [3.63, 3.8) is 0 Å². The highest BCUT2D eigenvalue weighted by Gasteiger charge is 2.23. The quantitative estimate of drug-likeness (QED) is 0.410. The molecule has 2 aromatic heterocycles. The van der Waals surface area contributed by atoms with Gasteiger partial charge in [-0.2, -0.15) is 5.26 Å². The summed E-state index contributed by atoms with van der Waals surface area (Å²) in [5, 5.41) is 15.6. The van der Waals surface area contributed by atoms with E-state index in [4.69, 9.17) is 16.7 Å². The van der Waals surface area contributed by atoms with Gasteiger partial charge in [-0.15, -0.1) is 0 Å². The van der Waals surface area contributed by atoms with Crippen LogP contribution >= 0.6 is 0 Å². The molecule has 164 valence electrons. The maximum Gasteiger partial charge on any atom is 0.137 e. The number of fused-ring (bicyclic) bond motifs is 1. The lowest BCUT2D eigenvalue weighted by Gasteiger charge is -2.13. The average Bonchev–Trinajstić information content (AvgIpc) is 3.55. The van der Waals surface area contributed by atoms with E-state index in [1.54, 1.807) is 6.08 Å². The van der Waals surface area contributed by atoms with Crippen molar-refractivity contribution in [2.75, 3.05) is 0 Å². The van der Waals surface area contributed by atoms with Gasteiger partial charge < -0.3 is 26.5 Å². The number of aromatic nitrogens is 2.